The number of allylic oxidation sites excluding steroid dienone is 2. The molecule has 248 valence electrons. The van der Waals surface area contributed by atoms with Gasteiger partial charge in [-0.3, -0.25) is 9.59 Å². The van der Waals surface area contributed by atoms with E-state index in [2.05, 4.69) is 13.8 Å². The Morgan fingerprint density at radius 3 is 0.841 bits per heavy atom. The first kappa shape index (κ1) is 49.5. The van der Waals surface area contributed by atoms with Gasteiger partial charge in [-0.2, -0.15) is 0 Å². The Morgan fingerprint density at radius 2 is 0.636 bits per heavy atom. The van der Waals surface area contributed by atoms with Gasteiger partial charge in [-0.1, -0.05) is 142 Å². The van der Waals surface area contributed by atoms with Gasteiger partial charge in [0.05, 0.1) is 12.8 Å². The van der Waals surface area contributed by atoms with Gasteiger partial charge in [0.25, 0.3) is 0 Å². The van der Waals surface area contributed by atoms with Crippen LogP contribution in [0.2, 0.25) is 0 Å². The van der Waals surface area contributed by atoms with Gasteiger partial charge in [-0.15, -0.1) is 0 Å². The number of aliphatic carboxylic acids is 4. The fourth-order valence-corrected chi connectivity index (χ4v) is 4.61. The number of carboxylic acids is 4. The van der Waals surface area contributed by atoms with E-state index in [1.807, 2.05) is 0 Å². The summed E-state index contributed by atoms with van der Waals surface area (Å²) in [5.41, 5.74) is -0.00292. The summed E-state index contributed by atoms with van der Waals surface area (Å²) in [5, 5.41) is 34.9. The maximum atomic E-state index is 10.8. The van der Waals surface area contributed by atoms with E-state index in [-0.39, 0.29) is 50.1 Å². The van der Waals surface area contributed by atoms with Gasteiger partial charge in [0.2, 0.25) is 0 Å². The number of hydrogen-bond acceptors (Lipinski definition) is 4. The topological polar surface area (TPSA) is 149 Å². The number of carbonyl (C=O) groups is 4. The van der Waals surface area contributed by atoms with Crippen molar-refractivity contribution < 1.29 is 78.6 Å². The zero-order valence-electron chi connectivity index (χ0n) is 28.0. The summed E-state index contributed by atoms with van der Waals surface area (Å²) in [5.74, 6) is -4.42. The molecule has 44 heavy (non-hydrogen) atoms. The molecule has 0 saturated heterocycles. The maximum absolute atomic E-state index is 10.8. The van der Waals surface area contributed by atoms with Gasteiger partial charge in [-0.05, 0) is 25.7 Å². The molecule has 0 bridgehead atoms. The Labute approximate surface area is 292 Å². The molecule has 0 fully saturated rings. The monoisotopic (exact) mass is 724 g/mol. The molecule has 0 unspecified atom stereocenters. The molecule has 0 radical (unpaired) electrons. The largest absolute Gasteiger partial charge is 0.481 e. The van der Waals surface area contributed by atoms with Crippen molar-refractivity contribution in [2.75, 3.05) is 0 Å². The van der Waals surface area contributed by atoms with Crippen molar-refractivity contribution in [1.29, 1.82) is 0 Å². The molecular formula is C34H60O8Zn2. The van der Waals surface area contributed by atoms with Crippen molar-refractivity contribution >= 4 is 23.9 Å². The van der Waals surface area contributed by atoms with Crippen LogP contribution in [0.5, 0.6) is 0 Å². The molecule has 0 aromatic rings. The molecular weight excluding hydrogens is 667 g/mol. The molecule has 0 aromatic heterocycles. The standard InChI is InChI=1S/2C17H30O4.2Zn/c2*1-2-3-4-5-6-7-8-9-10-11-12-13-15(17(20)21)14-16(18)19;;/h2*13H,2-12,14H2,1H3,(H,18,19)(H,20,21);;. The minimum Gasteiger partial charge on any atom is -0.481 e. The Kier molecular flexibility index (Phi) is 42.5. The van der Waals surface area contributed by atoms with E-state index < -0.39 is 36.7 Å². The molecule has 0 saturated carbocycles. The van der Waals surface area contributed by atoms with Gasteiger partial charge in [-0.25, -0.2) is 9.59 Å². The van der Waals surface area contributed by atoms with Crippen molar-refractivity contribution in [3.63, 3.8) is 0 Å². The smallest absolute Gasteiger partial charge is 0.331 e. The van der Waals surface area contributed by atoms with Gasteiger partial charge in [0.15, 0.2) is 0 Å². The number of carboxylic acid groups (broad SMARTS) is 4. The fraction of sp³-hybridized carbons (Fsp3) is 0.765. The van der Waals surface area contributed by atoms with Gasteiger partial charge in [0, 0.05) is 50.1 Å². The van der Waals surface area contributed by atoms with Crippen molar-refractivity contribution in [2.24, 2.45) is 0 Å². The Morgan fingerprint density at radius 1 is 0.409 bits per heavy atom. The predicted octanol–water partition coefficient (Wildman–Crippen LogP) is 9.56. The summed E-state index contributed by atoms with van der Waals surface area (Å²) < 4.78 is 0. The molecule has 0 spiro atoms. The van der Waals surface area contributed by atoms with E-state index in [0.29, 0.717) is 12.8 Å². The fourth-order valence-electron chi connectivity index (χ4n) is 4.61. The Bertz CT molecular complexity index is 717. The SMILES string of the molecule is CCCCCCCCCCCCC=C(CC(=O)O)C(=O)O.CCCCCCCCCCCCC=C(CC(=O)O)C(=O)O.[Zn].[Zn]. The number of rotatable bonds is 28. The van der Waals surface area contributed by atoms with Crippen LogP contribution in [0.15, 0.2) is 23.3 Å². The van der Waals surface area contributed by atoms with Crippen LogP contribution in [0.25, 0.3) is 0 Å². The third kappa shape index (κ3) is 38.6. The van der Waals surface area contributed by atoms with E-state index >= 15 is 0 Å². The molecule has 0 aromatic carbocycles. The van der Waals surface area contributed by atoms with Crippen LogP contribution in [0, 0.1) is 0 Å². The molecule has 0 atom stereocenters. The van der Waals surface area contributed by atoms with Crippen LogP contribution >= 0.6 is 0 Å². The Balaban J connectivity index is -0.000000348. The first-order valence-corrected chi connectivity index (χ1v) is 16.4. The van der Waals surface area contributed by atoms with E-state index in [1.165, 1.54) is 103 Å². The maximum Gasteiger partial charge on any atom is 0.331 e. The minimum atomic E-state index is -1.12. The van der Waals surface area contributed by atoms with Gasteiger partial charge in [0.1, 0.15) is 0 Å². The molecule has 0 aliphatic heterocycles. The molecule has 4 N–H and O–H groups in total. The third-order valence-electron chi connectivity index (χ3n) is 7.13. The molecule has 0 aliphatic rings. The Hall–Kier alpha value is -1.39. The quantitative estimate of drug-likeness (QED) is 0.0354. The second-order valence-corrected chi connectivity index (χ2v) is 11.2. The number of hydrogen-bond donors (Lipinski definition) is 4. The molecule has 0 amide bonds. The van der Waals surface area contributed by atoms with E-state index in [0.717, 1.165) is 25.7 Å². The van der Waals surface area contributed by atoms with Crippen LogP contribution in [0.1, 0.15) is 168 Å². The van der Waals surface area contributed by atoms with E-state index in [9.17, 15) is 19.2 Å². The molecule has 0 aliphatic carbocycles. The zero-order valence-corrected chi connectivity index (χ0v) is 33.9. The second kappa shape index (κ2) is 37.8. The van der Waals surface area contributed by atoms with Crippen LogP contribution < -0.4 is 0 Å². The second-order valence-electron chi connectivity index (χ2n) is 11.2. The normalized spacial score (nSPS) is 11.0. The third-order valence-corrected chi connectivity index (χ3v) is 7.13. The first-order valence-electron chi connectivity index (χ1n) is 16.4. The molecule has 0 rings (SSSR count). The van der Waals surface area contributed by atoms with E-state index in [1.54, 1.807) is 12.2 Å². The molecule has 10 heteroatoms. The van der Waals surface area contributed by atoms with Crippen LogP contribution in [0.4, 0.5) is 0 Å². The summed E-state index contributed by atoms with van der Waals surface area (Å²) >= 11 is 0. The predicted molar refractivity (Wildman–Crippen MR) is 169 cm³/mol. The number of unbranched alkanes of at least 4 members (excludes halogenated alkanes) is 20. The van der Waals surface area contributed by atoms with E-state index in [4.69, 9.17) is 20.4 Å². The van der Waals surface area contributed by atoms with Crippen LogP contribution in [-0.4, -0.2) is 44.3 Å². The zero-order chi connectivity index (χ0) is 31.8. The summed E-state index contributed by atoms with van der Waals surface area (Å²) in [6.07, 6.45) is 28.4. The average molecular weight is 728 g/mol. The summed E-state index contributed by atoms with van der Waals surface area (Å²) in [6, 6.07) is 0. The summed E-state index contributed by atoms with van der Waals surface area (Å²) in [6.45, 7) is 4.45. The first-order chi connectivity index (χ1) is 20.1. The van der Waals surface area contributed by atoms with Gasteiger partial charge < -0.3 is 20.4 Å². The molecule has 8 nitrogen and oxygen atoms in total. The summed E-state index contributed by atoms with van der Waals surface area (Å²) in [4.78, 5) is 42.7. The van der Waals surface area contributed by atoms with Crippen LogP contribution in [-0.2, 0) is 58.1 Å². The van der Waals surface area contributed by atoms with Crippen molar-refractivity contribution in [3.8, 4) is 0 Å². The van der Waals surface area contributed by atoms with Crippen molar-refractivity contribution in [3.05, 3.63) is 23.3 Å². The van der Waals surface area contributed by atoms with Crippen molar-refractivity contribution in [1.82, 2.24) is 0 Å². The van der Waals surface area contributed by atoms with Gasteiger partial charge >= 0.3 is 23.9 Å². The minimum absolute atomic E-state index is 0. The summed E-state index contributed by atoms with van der Waals surface area (Å²) in [7, 11) is 0. The van der Waals surface area contributed by atoms with Crippen LogP contribution in [0.3, 0.4) is 0 Å². The average Bonchev–Trinajstić information content (AvgIpc) is 2.93. The molecule has 0 heterocycles. The van der Waals surface area contributed by atoms with Crippen molar-refractivity contribution in [2.45, 2.75) is 168 Å².